The lowest BCUT2D eigenvalue weighted by Gasteiger charge is -2.14. The van der Waals surface area contributed by atoms with Gasteiger partial charge in [-0.15, -0.1) is 0 Å². The molecule has 0 unspecified atom stereocenters. The summed E-state index contributed by atoms with van der Waals surface area (Å²) in [5.41, 5.74) is 7.86. The highest BCUT2D eigenvalue weighted by atomic mass is 32.2. The second-order valence-electron chi connectivity index (χ2n) is 6.66. The van der Waals surface area contributed by atoms with Crippen molar-refractivity contribution in [3.63, 3.8) is 0 Å². The van der Waals surface area contributed by atoms with E-state index in [1.54, 1.807) is 12.3 Å². The second-order valence-corrected chi connectivity index (χ2v) is 8.08. The molecular weight excluding hydrogens is 406 g/mol. The molecule has 0 spiro atoms. The third kappa shape index (κ3) is 6.11. The number of nitrogens with one attached hydrogen (secondary N) is 3. The van der Waals surface area contributed by atoms with Crippen molar-refractivity contribution in [2.45, 2.75) is 4.90 Å². The average molecular weight is 430 g/mol. The van der Waals surface area contributed by atoms with Crippen LogP contribution >= 0.6 is 0 Å². The van der Waals surface area contributed by atoms with Crippen LogP contribution in [0.15, 0.2) is 59.6 Å². The summed E-state index contributed by atoms with van der Waals surface area (Å²) in [6.45, 7) is 1.49. The molecule has 10 nitrogen and oxygen atoms in total. The Morgan fingerprint density at radius 1 is 1.00 bits per heavy atom. The fourth-order valence-electron chi connectivity index (χ4n) is 2.47. The summed E-state index contributed by atoms with van der Waals surface area (Å²) in [6.07, 6.45) is 1.69. The van der Waals surface area contributed by atoms with Crippen LogP contribution < -0.4 is 16.2 Å². The van der Waals surface area contributed by atoms with Gasteiger partial charge in [-0.1, -0.05) is 6.07 Å². The van der Waals surface area contributed by atoms with E-state index < -0.39 is 10.1 Å². The minimum absolute atomic E-state index is 0.181. The van der Waals surface area contributed by atoms with E-state index in [1.165, 1.54) is 24.3 Å². The molecular formula is C19H23N7O3S. The Labute approximate surface area is 175 Å². The molecule has 0 aliphatic carbocycles. The standard InChI is InChI=1S/C19H23N7O3S/c1-26(2)12-11-21-19-22-17(16-5-3-4-10-20-16)13-18(23-19)25-24-14-6-8-15(9-7-14)30(27,28)29/h3-10,13,24H,11-12H2,1-2H3,(H,27,28,29)(H2,21,22,23,25). The molecule has 0 saturated carbocycles. The van der Waals surface area contributed by atoms with Gasteiger partial charge in [0.2, 0.25) is 5.95 Å². The molecule has 4 N–H and O–H groups in total. The molecule has 0 aliphatic heterocycles. The molecule has 2 heterocycles. The molecule has 0 atom stereocenters. The Bertz CT molecular complexity index is 1080. The first kappa shape index (κ1) is 21.4. The maximum absolute atomic E-state index is 11.1. The Kier molecular flexibility index (Phi) is 6.77. The van der Waals surface area contributed by atoms with Gasteiger partial charge in [0.1, 0.15) is 0 Å². The lowest BCUT2D eigenvalue weighted by Crippen LogP contribution is -2.22. The first-order valence-electron chi connectivity index (χ1n) is 9.10. The fraction of sp³-hybridized carbons (Fsp3) is 0.211. The van der Waals surface area contributed by atoms with E-state index in [4.69, 9.17) is 4.55 Å². The van der Waals surface area contributed by atoms with Gasteiger partial charge in [-0.05, 0) is 50.5 Å². The summed E-state index contributed by atoms with van der Waals surface area (Å²) in [6, 6.07) is 13.0. The van der Waals surface area contributed by atoms with Gasteiger partial charge in [0.05, 0.1) is 22.0 Å². The molecule has 2 aromatic heterocycles. The molecule has 0 radical (unpaired) electrons. The van der Waals surface area contributed by atoms with Crippen LogP contribution in [0.5, 0.6) is 0 Å². The summed E-state index contributed by atoms with van der Waals surface area (Å²) < 4.78 is 31.4. The Morgan fingerprint density at radius 2 is 1.77 bits per heavy atom. The van der Waals surface area contributed by atoms with Crippen LogP contribution in [-0.4, -0.2) is 60.0 Å². The first-order valence-corrected chi connectivity index (χ1v) is 10.5. The van der Waals surface area contributed by atoms with E-state index >= 15 is 0 Å². The van der Waals surface area contributed by atoms with Crippen LogP contribution in [0.3, 0.4) is 0 Å². The van der Waals surface area contributed by atoms with Crippen molar-refractivity contribution >= 4 is 27.6 Å². The van der Waals surface area contributed by atoms with Gasteiger partial charge in [-0.2, -0.15) is 13.4 Å². The number of nitrogens with zero attached hydrogens (tertiary/aromatic N) is 4. The van der Waals surface area contributed by atoms with Crippen molar-refractivity contribution in [3.05, 3.63) is 54.7 Å². The van der Waals surface area contributed by atoms with Crippen molar-refractivity contribution < 1.29 is 13.0 Å². The summed E-state index contributed by atoms with van der Waals surface area (Å²) in [5, 5.41) is 3.19. The number of rotatable bonds is 9. The third-order valence-electron chi connectivity index (χ3n) is 3.98. The summed E-state index contributed by atoms with van der Waals surface area (Å²) in [4.78, 5) is 15.2. The molecule has 0 amide bonds. The molecule has 0 bridgehead atoms. The zero-order chi connectivity index (χ0) is 21.6. The van der Waals surface area contributed by atoms with Gasteiger partial charge >= 0.3 is 0 Å². The summed E-state index contributed by atoms with van der Waals surface area (Å²) in [7, 11) is -0.265. The Morgan fingerprint density at radius 3 is 2.40 bits per heavy atom. The predicted molar refractivity (Wildman–Crippen MR) is 116 cm³/mol. The monoisotopic (exact) mass is 429 g/mol. The lowest BCUT2D eigenvalue weighted by atomic mass is 10.2. The largest absolute Gasteiger partial charge is 0.353 e. The zero-order valence-electron chi connectivity index (χ0n) is 16.6. The minimum Gasteiger partial charge on any atom is -0.353 e. The van der Waals surface area contributed by atoms with Crippen LogP contribution in [0.2, 0.25) is 0 Å². The molecule has 0 fully saturated rings. The highest BCUT2D eigenvalue weighted by molar-refractivity contribution is 7.85. The molecule has 1 aromatic carbocycles. The molecule has 3 rings (SSSR count). The summed E-state index contributed by atoms with van der Waals surface area (Å²) in [5.74, 6) is 0.947. The number of hydrogen-bond acceptors (Lipinski definition) is 9. The van der Waals surface area contributed by atoms with Crippen LogP contribution in [0.4, 0.5) is 17.5 Å². The Balaban J connectivity index is 1.78. The van der Waals surface area contributed by atoms with Crippen LogP contribution in [-0.2, 0) is 10.1 Å². The SMILES string of the molecule is CN(C)CCNc1nc(NNc2ccc(S(=O)(=O)O)cc2)cc(-c2ccccn2)n1. The molecule has 0 aliphatic rings. The lowest BCUT2D eigenvalue weighted by molar-refractivity contribution is 0.425. The number of benzene rings is 1. The number of hydrogen-bond donors (Lipinski definition) is 4. The van der Waals surface area contributed by atoms with E-state index in [0.717, 1.165) is 6.54 Å². The van der Waals surface area contributed by atoms with Gasteiger partial charge < -0.3 is 10.2 Å². The van der Waals surface area contributed by atoms with Gasteiger partial charge in [0, 0.05) is 25.4 Å². The minimum atomic E-state index is -4.23. The van der Waals surface area contributed by atoms with Crippen LogP contribution in [0, 0.1) is 0 Å². The fourth-order valence-corrected chi connectivity index (χ4v) is 2.95. The number of pyridine rings is 1. The van der Waals surface area contributed by atoms with Crippen molar-refractivity contribution in [2.24, 2.45) is 0 Å². The van der Waals surface area contributed by atoms with Gasteiger partial charge in [-0.3, -0.25) is 20.4 Å². The van der Waals surface area contributed by atoms with Crippen LogP contribution in [0.25, 0.3) is 11.4 Å². The normalized spacial score (nSPS) is 11.3. The van der Waals surface area contributed by atoms with Gasteiger partial charge in [0.25, 0.3) is 10.1 Å². The number of likely N-dealkylation sites (N-methyl/N-ethyl adjacent to an activating group) is 1. The number of aromatic nitrogens is 3. The van der Waals surface area contributed by atoms with Gasteiger partial charge in [0.15, 0.2) is 5.82 Å². The maximum Gasteiger partial charge on any atom is 0.294 e. The molecule has 30 heavy (non-hydrogen) atoms. The van der Waals surface area contributed by atoms with E-state index in [1.807, 2.05) is 37.2 Å². The van der Waals surface area contributed by atoms with E-state index in [0.29, 0.717) is 35.4 Å². The molecule has 158 valence electrons. The predicted octanol–water partition coefficient (Wildman–Crippen LogP) is 2.20. The van der Waals surface area contributed by atoms with E-state index in [2.05, 4.69) is 31.1 Å². The quantitative estimate of drug-likeness (QED) is 0.296. The maximum atomic E-state index is 11.1. The molecule has 3 aromatic rings. The van der Waals surface area contributed by atoms with Crippen molar-refractivity contribution in [1.29, 1.82) is 0 Å². The topological polar surface area (TPSA) is 132 Å². The van der Waals surface area contributed by atoms with E-state index in [9.17, 15) is 8.42 Å². The first-order chi connectivity index (χ1) is 14.3. The van der Waals surface area contributed by atoms with Gasteiger partial charge in [-0.25, -0.2) is 4.98 Å². The van der Waals surface area contributed by atoms with Crippen LogP contribution in [0.1, 0.15) is 0 Å². The molecule has 0 saturated heterocycles. The third-order valence-corrected chi connectivity index (χ3v) is 4.85. The van der Waals surface area contributed by atoms with Crippen molar-refractivity contribution in [3.8, 4) is 11.4 Å². The number of hydrazine groups is 1. The average Bonchev–Trinajstić information content (AvgIpc) is 2.72. The van der Waals surface area contributed by atoms with E-state index in [-0.39, 0.29) is 4.90 Å². The zero-order valence-corrected chi connectivity index (χ0v) is 17.4. The highest BCUT2D eigenvalue weighted by Crippen LogP contribution is 2.20. The second kappa shape index (κ2) is 9.48. The smallest absolute Gasteiger partial charge is 0.294 e. The number of anilines is 3. The highest BCUT2D eigenvalue weighted by Gasteiger charge is 2.10. The molecule has 11 heteroatoms. The van der Waals surface area contributed by atoms with Crippen molar-refractivity contribution in [1.82, 2.24) is 19.9 Å². The Hall–Kier alpha value is -3.28. The van der Waals surface area contributed by atoms with Crippen molar-refractivity contribution in [2.75, 3.05) is 43.4 Å². The summed E-state index contributed by atoms with van der Waals surface area (Å²) >= 11 is 0.